The normalized spacial score (nSPS) is 22.9. The second-order valence-electron chi connectivity index (χ2n) is 6.33. The van der Waals surface area contributed by atoms with Crippen LogP contribution in [-0.2, 0) is 6.54 Å². The van der Waals surface area contributed by atoms with Crippen molar-refractivity contribution in [3.63, 3.8) is 0 Å². The maximum atomic E-state index is 5.33. The number of hydrogen-bond donors (Lipinski definition) is 1. The first-order chi connectivity index (χ1) is 9.80. The summed E-state index contributed by atoms with van der Waals surface area (Å²) in [5.74, 6) is 0.964. The molecule has 0 bridgehead atoms. The molecule has 2 fully saturated rings. The van der Waals surface area contributed by atoms with E-state index >= 15 is 0 Å². The average molecular weight is 274 g/mol. The van der Waals surface area contributed by atoms with Crippen LogP contribution in [0.3, 0.4) is 0 Å². The van der Waals surface area contributed by atoms with Crippen molar-refractivity contribution in [1.82, 2.24) is 10.2 Å². The Hall–Kier alpha value is -1.06. The monoisotopic (exact) mass is 274 g/mol. The third kappa shape index (κ3) is 3.15. The number of ether oxygens (including phenoxy) is 1. The summed E-state index contributed by atoms with van der Waals surface area (Å²) in [6.07, 6.45) is 6.73. The zero-order chi connectivity index (χ0) is 13.8. The van der Waals surface area contributed by atoms with Crippen molar-refractivity contribution in [1.29, 1.82) is 0 Å². The Morgan fingerprint density at radius 1 is 1.25 bits per heavy atom. The highest BCUT2D eigenvalue weighted by atomic mass is 16.5. The molecule has 3 heteroatoms. The first-order valence-corrected chi connectivity index (χ1v) is 7.90. The summed E-state index contributed by atoms with van der Waals surface area (Å²) in [6, 6.07) is 8.49. The minimum Gasteiger partial charge on any atom is -0.497 e. The molecule has 1 aromatic carbocycles. The molecule has 1 heterocycles. The van der Waals surface area contributed by atoms with Crippen LogP contribution in [0.5, 0.6) is 5.75 Å². The standard InChI is InChI=1S/C17H26N2O/c1-20-16-7-4-6-15(12-16)13-19-11-5-10-18-17(14-19)8-2-3-9-17/h4,6-7,12,18H,2-3,5,8-11,13-14H2,1H3. The molecule has 1 saturated heterocycles. The van der Waals surface area contributed by atoms with Crippen molar-refractivity contribution >= 4 is 0 Å². The van der Waals surface area contributed by atoms with Gasteiger partial charge in [-0.15, -0.1) is 0 Å². The minimum absolute atomic E-state index is 0.398. The summed E-state index contributed by atoms with van der Waals surface area (Å²) in [5, 5.41) is 3.83. The number of hydrogen-bond acceptors (Lipinski definition) is 3. The molecular weight excluding hydrogens is 248 g/mol. The predicted molar refractivity (Wildman–Crippen MR) is 82.1 cm³/mol. The van der Waals surface area contributed by atoms with E-state index in [0.717, 1.165) is 12.3 Å². The molecule has 3 rings (SSSR count). The lowest BCUT2D eigenvalue weighted by Gasteiger charge is -2.33. The van der Waals surface area contributed by atoms with E-state index in [9.17, 15) is 0 Å². The summed E-state index contributed by atoms with van der Waals surface area (Å²) in [6.45, 7) is 4.62. The van der Waals surface area contributed by atoms with Gasteiger partial charge in [0.1, 0.15) is 5.75 Å². The van der Waals surface area contributed by atoms with Crippen molar-refractivity contribution in [2.45, 2.75) is 44.2 Å². The van der Waals surface area contributed by atoms with E-state index in [1.54, 1.807) is 7.11 Å². The highest BCUT2D eigenvalue weighted by Crippen LogP contribution is 2.32. The second-order valence-corrected chi connectivity index (χ2v) is 6.33. The van der Waals surface area contributed by atoms with E-state index < -0.39 is 0 Å². The van der Waals surface area contributed by atoms with Crippen molar-refractivity contribution in [2.24, 2.45) is 0 Å². The SMILES string of the molecule is COc1cccc(CN2CCCNC3(CCCC3)C2)c1. The van der Waals surface area contributed by atoms with Gasteiger partial charge in [-0.1, -0.05) is 25.0 Å². The number of rotatable bonds is 3. The Bertz CT molecular complexity index is 440. The van der Waals surface area contributed by atoms with Crippen LogP contribution in [0.1, 0.15) is 37.7 Å². The Morgan fingerprint density at radius 2 is 2.10 bits per heavy atom. The summed E-state index contributed by atoms with van der Waals surface area (Å²) in [7, 11) is 1.74. The second kappa shape index (κ2) is 6.15. The van der Waals surface area contributed by atoms with Gasteiger partial charge < -0.3 is 10.1 Å². The van der Waals surface area contributed by atoms with Crippen LogP contribution in [0.15, 0.2) is 24.3 Å². The molecule has 1 N–H and O–H groups in total. The Balaban J connectivity index is 1.68. The van der Waals surface area contributed by atoms with E-state index in [1.807, 2.05) is 6.07 Å². The van der Waals surface area contributed by atoms with Crippen LogP contribution in [0, 0.1) is 0 Å². The van der Waals surface area contributed by atoms with Crippen molar-refractivity contribution in [3.05, 3.63) is 29.8 Å². The van der Waals surface area contributed by atoms with E-state index in [-0.39, 0.29) is 0 Å². The van der Waals surface area contributed by atoms with Crippen LogP contribution in [0.4, 0.5) is 0 Å². The van der Waals surface area contributed by atoms with E-state index in [1.165, 1.54) is 57.3 Å². The van der Waals surface area contributed by atoms with Gasteiger partial charge in [-0.05, 0) is 50.0 Å². The topological polar surface area (TPSA) is 24.5 Å². The Morgan fingerprint density at radius 3 is 2.90 bits per heavy atom. The fourth-order valence-corrected chi connectivity index (χ4v) is 3.77. The van der Waals surface area contributed by atoms with E-state index in [2.05, 4.69) is 28.4 Å². The molecule has 0 atom stereocenters. The molecule has 20 heavy (non-hydrogen) atoms. The van der Waals surface area contributed by atoms with Gasteiger partial charge in [0.15, 0.2) is 0 Å². The molecule has 1 aromatic rings. The molecule has 1 aliphatic carbocycles. The summed E-state index contributed by atoms with van der Waals surface area (Å²) in [4.78, 5) is 2.63. The molecule has 1 aliphatic heterocycles. The molecule has 0 aromatic heterocycles. The van der Waals surface area contributed by atoms with Crippen LogP contribution < -0.4 is 10.1 Å². The molecule has 2 aliphatic rings. The van der Waals surface area contributed by atoms with E-state index in [0.29, 0.717) is 5.54 Å². The first-order valence-electron chi connectivity index (χ1n) is 7.90. The third-order valence-electron chi connectivity index (χ3n) is 4.78. The maximum Gasteiger partial charge on any atom is 0.119 e. The largest absolute Gasteiger partial charge is 0.497 e. The molecule has 0 unspecified atom stereocenters. The van der Waals surface area contributed by atoms with Crippen molar-refractivity contribution in [2.75, 3.05) is 26.7 Å². The molecule has 0 amide bonds. The van der Waals surface area contributed by atoms with Crippen molar-refractivity contribution < 1.29 is 4.74 Å². The quantitative estimate of drug-likeness (QED) is 0.917. The van der Waals surface area contributed by atoms with Crippen LogP contribution >= 0.6 is 0 Å². The highest BCUT2D eigenvalue weighted by molar-refractivity contribution is 5.28. The lowest BCUT2D eigenvalue weighted by Crippen LogP contribution is -2.49. The van der Waals surface area contributed by atoms with Gasteiger partial charge in [0.2, 0.25) is 0 Å². The molecule has 1 saturated carbocycles. The zero-order valence-corrected chi connectivity index (χ0v) is 12.5. The fourth-order valence-electron chi connectivity index (χ4n) is 3.77. The minimum atomic E-state index is 0.398. The molecule has 0 radical (unpaired) electrons. The lowest BCUT2D eigenvalue weighted by atomic mass is 9.97. The third-order valence-corrected chi connectivity index (χ3v) is 4.78. The van der Waals surface area contributed by atoms with Gasteiger partial charge in [0.25, 0.3) is 0 Å². The Kier molecular flexibility index (Phi) is 4.27. The number of nitrogens with one attached hydrogen (secondary N) is 1. The average Bonchev–Trinajstić information content (AvgIpc) is 2.82. The number of benzene rings is 1. The van der Waals surface area contributed by atoms with Gasteiger partial charge in [-0.2, -0.15) is 0 Å². The summed E-state index contributed by atoms with van der Waals surface area (Å²) in [5.41, 5.74) is 1.76. The zero-order valence-electron chi connectivity index (χ0n) is 12.5. The molecular formula is C17H26N2O. The lowest BCUT2D eigenvalue weighted by molar-refractivity contribution is 0.203. The molecule has 3 nitrogen and oxygen atoms in total. The van der Waals surface area contributed by atoms with Gasteiger partial charge >= 0.3 is 0 Å². The summed E-state index contributed by atoms with van der Waals surface area (Å²) < 4.78 is 5.33. The number of methoxy groups -OCH3 is 1. The van der Waals surface area contributed by atoms with Gasteiger partial charge in [0.05, 0.1) is 7.11 Å². The maximum absolute atomic E-state index is 5.33. The number of nitrogens with zero attached hydrogens (tertiary/aromatic N) is 1. The Labute approximate surface area is 122 Å². The van der Waals surface area contributed by atoms with Gasteiger partial charge in [-0.3, -0.25) is 4.90 Å². The van der Waals surface area contributed by atoms with E-state index in [4.69, 9.17) is 4.74 Å². The van der Waals surface area contributed by atoms with Crippen LogP contribution in [0.25, 0.3) is 0 Å². The van der Waals surface area contributed by atoms with Crippen molar-refractivity contribution in [3.8, 4) is 5.75 Å². The smallest absolute Gasteiger partial charge is 0.119 e. The molecule has 1 spiro atoms. The van der Waals surface area contributed by atoms with Crippen LogP contribution in [0.2, 0.25) is 0 Å². The predicted octanol–water partition coefficient (Wildman–Crippen LogP) is 2.80. The van der Waals surface area contributed by atoms with Gasteiger partial charge in [0, 0.05) is 18.6 Å². The first kappa shape index (κ1) is 13.9. The highest BCUT2D eigenvalue weighted by Gasteiger charge is 2.36. The fraction of sp³-hybridized carbons (Fsp3) is 0.647. The summed E-state index contributed by atoms with van der Waals surface area (Å²) >= 11 is 0. The van der Waals surface area contributed by atoms with Crippen LogP contribution in [-0.4, -0.2) is 37.2 Å². The van der Waals surface area contributed by atoms with Gasteiger partial charge in [-0.25, -0.2) is 0 Å². The molecule has 110 valence electrons.